The van der Waals surface area contributed by atoms with E-state index in [1.807, 2.05) is 6.92 Å². The molecule has 0 bridgehead atoms. The summed E-state index contributed by atoms with van der Waals surface area (Å²) in [7, 11) is 0. The van der Waals surface area contributed by atoms with Crippen molar-refractivity contribution in [1.82, 2.24) is 4.98 Å². The minimum Gasteiger partial charge on any atom is -0.330 e. The van der Waals surface area contributed by atoms with Crippen molar-refractivity contribution in [2.75, 3.05) is 6.54 Å². The SMILES string of the molecule is CC(CCN)CCC(=O)c1cnc(C(F)(F)F)s1. The minimum absolute atomic E-state index is 0.0715. The lowest BCUT2D eigenvalue weighted by Gasteiger charge is -2.07. The number of rotatable bonds is 6. The molecular formula is C11H15F3N2OS. The number of nitrogens with zero attached hydrogens (tertiary/aromatic N) is 1. The van der Waals surface area contributed by atoms with E-state index in [9.17, 15) is 18.0 Å². The Balaban J connectivity index is 2.55. The molecule has 3 nitrogen and oxygen atoms in total. The minimum atomic E-state index is -4.48. The highest BCUT2D eigenvalue weighted by atomic mass is 32.1. The van der Waals surface area contributed by atoms with Crippen molar-refractivity contribution in [3.05, 3.63) is 16.1 Å². The van der Waals surface area contributed by atoms with Crippen molar-refractivity contribution in [3.8, 4) is 0 Å². The maximum absolute atomic E-state index is 12.3. The van der Waals surface area contributed by atoms with Crippen molar-refractivity contribution in [1.29, 1.82) is 0 Å². The number of Topliss-reactive ketones (excluding diaryl/α,β-unsaturated/α-hetero) is 1. The Bertz CT molecular complexity index is 403. The Morgan fingerprint density at radius 2 is 2.17 bits per heavy atom. The van der Waals surface area contributed by atoms with E-state index < -0.39 is 11.2 Å². The molecule has 1 aromatic heterocycles. The molecule has 0 aliphatic heterocycles. The molecule has 102 valence electrons. The fourth-order valence-electron chi connectivity index (χ4n) is 1.46. The molecule has 0 fully saturated rings. The Labute approximate surface area is 107 Å². The summed E-state index contributed by atoms with van der Waals surface area (Å²) < 4.78 is 36.9. The molecule has 18 heavy (non-hydrogen) atoms. The van der Waals surface area contributed by atoms with E-state index in [1.165, 1.54) is 0 Å². The summed E-state index contributed by atoms with van der Waals surface area (Å²) in [5.74, 6) is 0.0147. The number of ketones is 1. The second kappa shape index (κ2) is 6.29. The molecule has 1 aromatic rings. The molecule has 0 amide bonds. The number of nitrogens with two attached hydrogens (primary N) is 1. The zero-order valence-corrected chi connectivity index (χ0v) is 10.8. The van der Waals surface area contributed by atoms with E-state index >= 15 is 0 Å². The number of thiazole rings is 1. The summed E-state index contributed by atoms with van der Waals surface area (Å²) in [5, 5.41) is -0.971. The van der Waals surface area contributed by atoms with Gasteiger partial charge in [-0.05, 0) is 25.3 Å². The highest BCUT2D eigenvalue weighted by Crippen LogP contribution is 2.32. The van der Waals surface area contributed by atoms with Crippen LogP contribution in [0.15, 0.2) is 6.20 Å². The van der Waals surface area contributed by atoms with Crippen LogP contribution in [0.2, 0.25) is 0 Å². The van der Waals surface area contributed by atoms with Gasteiger partial charge in [-0.1, -0.05) is 6.92 Å². The number of carbonyl (C=O) groups excluding carboxylic acids is 1. The van der Waals surface area contributed by atoms with Crippen LogP contribution in [-0.2, 0) is 6.18 Å². The average molecular weight is 280 g/mol. The lowest BCUT2D eigenvalue weighted by atomic mass is 10.00. The van der Waals surface area contributed by atoms with Gasteiger partial charge in [0.15, 0.2) is 10.8 Å². The van der Waals surface area contributed by atoms with E-state index in [-0.39, 0.29) is 17.1 Å². The average Bonchev–Trinajstić information content (AvgIpc) is 2.75. The van der Waals surface area contributed by atoms with Crippen molar-refractivity contribution in [2.45, 2.75) is 32.4 Å². The predicted molar refractivity (Wildman–Crippen MR) is 63.5 cm³/mol. The first-order chi connectivity index (χ1) is 8.34. The van der Waals surface area contributed by atoms with Crippen LogP contribution < -0.4 is 5.73 Å². The molecule has 0 aliphatic rings. The summed E-state index contributed by atoms with van der Waals surface area (Å²) >= 11 is 0.403. The summed E-state index contributed by atoms with van der Waals surface area (Å²) in [6, 6.07) is 0. The number of hydrogen-bond acceptors (Lipinski definition) is 4. The van der Waals surface area contributed by atoms with Gasteiger partial charge in [-0.2, -0.15) is 13.2 Å². The third kappa shape index (κ3) is 4.38. The molecule has 1 rings (SSSR count). The van der Waals surface area contributed by atoms with E-state index in [0.717, 1.165) is 12.6 Å². The van der Waals surface area contributed by atoms with Gasteiger partial charge in [-0.25, -0.2) is 4.98 Å². The molecule has 1 heterocycles. The number of hydrogen-bond donors (Lipinski definition) is 1. The third-order valence-electron chi connectivity index (χ3n) is 2.55. The van der Waals surface area contributed by atoms with Crippen LogP contribution in [0.1, 0.15) is 40.9 Å². The van der Waals surface area contributed by atoms with Gasteiger partial charge in [0.1, 0.15) is 0 Å². The van der Waals surface area contributed by atoms with Crippen molar-refractivity contribution in [3.63, 3.8) is 0 Å². The third-order valence-corrected chi connectivity index (χ3v) is 3.63. The zero-order chi connectivity index (χ0) is 13.8. The number of alkyl halides is 3. The Morgan fingerprint density at radius 1 is 1.50 bits per heavy atom. The molecule has 0 saturated carbocycles. The van der Waals surface area contributed by atoms with Crippen LogP contribution in [0, 0.1) is 5.92 Å². The predicted octanol–water partition coefficient (Wildman–Crippen LogP) is 3.11. The summed E-state index contributed by atoms with van der Waals surface area (Å²) in [5.41, 5.74) is 5.38. The molecule has 1 atom stereocenters. The van der Waals surface area contributed by atoms with Crippen molar-refractivity contribution >= 4 is 17.1 Å². The smallest absolute Gasteiger partial charge is 0.330 e. The lowest BCUT2D eigenvalue weighted by molar-refractivity contribution is -0.137. The second-order valence-electron chi connectivity index (χ2n) is 4.17. The first kappa shape index (κ1) is 15.1. The number of aromatic nitrogens is 1. The molecule has 0 aliphatic carbocycles. The summed E-state index contributed by atoms with van der Waals surface area (Å²) in [6.45, 7) is 2.52. The van der Waals surface area contributed by atoms with Crippen LogP contribution in [0.4, 0.5) is 13.2 Å². The Hall–Kier alpha value is -0.950. The molecule has 2 N–H and O–H groups in total. The lowest BCUT2D eigenvalue weighted by Crippen LogP contribution is -2.07. The highest BCUT2D eigenvalue weighted by molar-refractivity contribution is 7.13. The van der Waals surface area contributed by atoms with Crippen LogP contribution in [-0.4, -0.2) is 17.3 Å². The Kier molecular flexibility index (Phi) is 5.28. The standard InChI is InChI=1S/C11H15F3N2OS/c1-7(4-5-15)2-3-8(17)9-6-16-10(18-9)11(12,13)14/h6-7H,2-5,15H2,1H3. The van der Waals surface area contributed by atoms with E-state index in [4.69, 9.17) is 5.73 Å². The molecule has 1 unspecified atom stereocenters. The first-order valence-corrected chi connectivity index (χ1v) is 6.42. The first-order valence-electron chi connectivity index (χ1n) is 5.61. The molecule has 7 heteroatoms. The van der Waals surface area contributed by atoms with Gasteiger partial charge < -0.3 is 5.73 Å². The van der Waals surface area contributed by atoms with Crippen molar-refractivity contribution in [2.24, 2.45) is 11.7 Å². The second-order valence-corrected chi connectivity index (χ2v) is 5.20. The van der Waals surface area contributed by atoms with Gasteiger partial charge in [0.05, 0.1) is 4.88 Å². The van der Waals surface area contributed by atoms with E-state index in [0.29, 0.717) is 30.2 Å². The molecule has 0 saturated heterocycles. The summed E-state index contributed by atoms with van der Waals surface area (Å²) in [4.78, 5) is 15.0. The van der Waals surface area contributed by atoms with Gasteiger partial charge in [-0.3, -0.25) is 4.79 Å². The van der Waals surface area contributed by atoms with Gasteiger partial charge in [0.2, 0.25) is 0 Å². The molecule has 0 radical (unpaired) electrons. The van der Waals surface area contributed by atoms with Crippen LogP contribution >= 0.6 is 11.3 Å². The highest BCUT2D eigenvalue weighted by Gasteiger charge is 2.35. The number of halogens is 3. The largest absolute Gasteiger partial charge is 0.443 e. The fourth-order valence-corrected chi connectivity index (χ4v) is 2.21. The number of carbonyl (C=O) groups is 1. The maximum atomic E-state index is 12.3. The fraction of sp³-hybridized carbons (Fsp3) is 0.636. The molecule has 0 spiro atoms. The van der Waals surface area contributed by atoms with Crippen LogP contribution in [0.25, 0.3) is 0 Å². The van der Waals surface area contributed by atoms with E-state index in [2.05, 4.69) is 4.98 Å². The Morgan fingerprint density at radius 3 is 2.67 bits per heavy atom. The van der Waals surface area contributed by atoms with Crippen LogP contribution in [0.5, 0.6) is 0 Å². The normalized spacial score (nSPS) is 13.6. The topological polar surface area (TPSA) is 56.0 Å². The van der Waals surface area contributed by atoms with E-state index in [1.54, 1.807) is 0 Å². The van der Waals surface area contributed by atoms with Gasteiger partial charge in [0, 0.05) is 12.6 Å². The molecular weight excluding hydrogens is 265 g/mol. The van der Waals surface area contributed by atoms with Gasteiger partial charge >= 0.3 is 6.18 Å². The van der Waals surface area contributed by atoms with Gasteiger partial charge in [-0.15, -0.1) is 11.3 Å². The quantitative estimate of drug-likeness (QED) is 0.815. The summed E-state index contributed by atoms with van der Waals surface area (Å²) in [6.07, 6.45) is -1.79. The van der Waals surface area contributed by atoms with Gasteiger partial charge in [0.25, 0.3) is 0 Å². The zero-order valence-electron chi connectivity index (χ0n) is 9.96. The monoisotopic (exact) mass is 280 g/mol. The van der Waals surface area contributed by atoms with Crippen molar-refractivity contribution < 1.29 is 18.0 Å². The van der Waals surface area contributed by atoms with Crippen LogP contribution in [0.3, 0.4) is 0 Å². The maximum Gasteiger partial charge on any atom is 0.443 e. The molecule has 0 aromatic carbocycles.